The molecule has 2 aromatic carbocycles. The van der Waals surface area contributed by atoms with Crippen LogP contribution in [0.1, 0.15) is 81.3 Å². The Morgan fingerprint density at radius 2 is 0.990 bits per heavy atom. The Morgan fingerprint density at radius 1 is 0.520 bits per heavy atom. The number of carboxylic acid groups (broad SMARTS) is 3. The van der Waals surface area contributed by atoms with E-state index in [0.29, 0.717) is 27.7 Å². The number of H-pyrrole nitrogens is 3. The molecule has 0 aliphatic heterocycles. The van der Waals surface area contributed by atoms with Gasteiger partial charge in [-0.25, -0.2) is 9.97 Å². The lowest BCUT2D eigenvalue weighted by molar-refractivity contribution is -0.142. The molecule has 11 atom stereocenters. The van der Waals surface area contributed by atoms with E-state index < -0.39 is 194 Å². The van der Waals surface area contributed by atoms with E-state index >= 15 is 0 Å². The number of amides is 10. The number of rotatable bonds is 43. The van der Waals surface area contributed by atoms with Gasteiger partial charge in [0, 0.05) is 79.7 Å². The number of nitrogens with zero attached hydrogens (tertiary/aromatic N) is 2. The summed E-state index contributed by atoms with van der Waals surface area (Å²) in [5.41, 5.74) is 19.3. The van der Waals surface area contributed by atoms with Gasteiger partial charge in [-0.05, 0) is 81.7 Å². The molecule has 5 aromatic rings. The van der Waals surface area contributed by atoms with E-state index in [1.54, 1.807) is 36.4 Å². The molecule has 0 unspecified atom stereocenters. The minimum absolute atomic E-state index is 0.00592. The number of carbonyl (C=O) groups excluding carboxylic acids is 10. The zero-order chi connectivity index (χ0) is 75.2. The van der Waals surface area contributed by atoms with Crippen LogP contribution in [-0.2, 0) is 88.0 Å². The number of aromatic nitrogens is 5. The van der Waals surface area contributed by atoms with E-state index in [1.165, 1.54) is 43.4 Å². The highest BCUT2D eigenvalue weighted by molar-refractivity contribution is 6.00. The number of phenols is 1. The van der Waals surface area contributed by atoms with Crippen LogP contribution in [0.25, 0.3) is 10.9 Å². The van der Waals surface area contributed by atoms with Crippen LogP contribution in [0.5, 0.6) is 5.75 Å². The number of guanidine groups is 2. The van der Waals surface area contributed by atoms with E-state index in [-0.39, 0.29) is 63.1 Å². The summed E-state index contributed by atoms with van der Waals surface area (Å²) in [4.78, 5) is 193. The maximum atomic E-state index is 14.8. The summed E-state index contributed by atoms with van der Waals surface area (Å²) in [6.07, 6.45) is 0.752. The molecule has 10 amide bonds. The average molecular weight is 1430 g/mol. The Bertz CT molecular complexity index is 3740. The molecule has 0 fully saturated rings. The van der Waals surface area contributed by atoms with Crippen molar-refractivity contribution in [3.63, 3.8) is 0 Å². The summed E-state index contributed by atoms with van der Waals surface area (Å²) in [5.74, 6) is -16.3. The predicted molar refractivity (Wildman–Crippen MR) is 359 cm³/mol. The molecule has 3 heterocycles. The zero-order valence-electron chi connectivity index (χ0n) is 55.4. The molecular formula is C62H86N22O18. The van der Waals surface area contributed by atoms with Gasteiger partial charge in [-0.2, -0.15) is 0 Å². The maximum Gasteiger partial charge on any atom is 0.325 e. The van der Waals surface area contributed by atoms with Crippen LogP contribution in [0, 0.1) is 10.8 Å². The van der Waals surface area contributed by atoms with Gasteiger partial charge in [-0.1, -0.05) is 30.3 Å². The highest BCUT2D eigenvalue weighted by Gasteiger charge is 2.38. The monoisotopic (exact) mass is 1430 g/mol. The summed E-state index contributed by atoms with van der Waals surface area (Å²) >= 11 is 0. The van der Waals surface area contributed by atoms with Crippen molar-refractivity contribution in [1.82, 2.24) is 88.7 Å². The van der Waals surface area contributed by atoms with Gasteiger partial charge >= 0.3 is 17.9 Å². The quantitative estimate of drug-likeness (QED) is 0.00981. The fourth-order valence-electron chi connectivity index (χ4n) is 10.1. The van der Waals surface area contributed by atoms with Crippen LogP contribution in [0.3, 0.4) is 0 Å². The zero-order valence-corrected chi connectivity index (χ0v) is 55.4. The number of phenolic OH excluding ortho intramolecular Hbond substituents is 1. The number of nitrogens with two attached hydrogens (primary N) is 3. The van der Waals surface area contributed by atoms with E-state index in [2.05, 4.69) is 88.7 Å². The Labute approximate surface area is 581 Å². The van der Waals surface area contributed by atoms with Gasteiger partial charge in [0.2, 0.25) is 59.1 Å². The number of carbonyl (C=O) groups is 13. The number of benzene rings is 2. The number of nitrogens with one attached hydrogen (secondary N) is 17. The van der Waals surface area contributed by atoms with Crippen LogP contribution in [0.15, 0.2) is 79.8 Å². The fraction of sp³-hybridized carbons (Fsp3) is 0.435. The van der Waals surface area contributed by atoms with Crippen molar-refractivity contribution >= 4 is 99.8 Å². The standard InChI is InChI=1S/C62H86N22O18/c1-30(60(101)102)76-47(87)27-73-52(93)42(15-16-48(88)89)79-57(98)45(22-35-26-69-29-75-35)81-53(94)40(9-5-17-70-61(64)65)77-58(99)46(23-49(90)91)82-55(96)43(20-33-24-72-39-8-4-3-7-37(33)39)83-59(100)50(31(2)85)84-54(95)41(10-6-18-71-62(66)67)78-56(97)44(21-34-25-68-28-74-34)80-51(92)38(63)19-32-11-13-36(86)14-12-32/h3-4,7-8,11-14,24-26,28-31,38,40-46,50,72,85-86H,5-6,9-10,15-23,27,63H2,1-2H3,(H,68,74)(H,69,75)(H,73,93)(H,76,87)(H,77,99)(H,78,97)(H,79,98)(H,80,92)(H,81,94)(H,82,96)(H,83,100)(H,84,95)(H,88,89)(H,90,91)(H,101,102)(H4,64,65,70)(H4,66,67,71)/t30-,31+,38-,40-,41-,42-,43-,44-,45-,46-,50-/m0/s1. The number of aromatic hydroxyl groups is 1. The van der Waals surface area contributed by atoms with Crippen molar-refractivity contribution in [3.05, 3.63) is 102 Å². The molecule has 0 aliphatic rings. The SMILES string of the molecule is C[C@H](NC(=O)CNC(=O)[C@H](CCC(=O)O)NC(=O)[C@H](Cc1cnc[nH]1)NC(=O)[C@H](CCCNC(=N)N)NC(=O)[C@H](CC(=O)O)NC(=O)[C@H](Cc1c[nH]c2ccccc12)NC(=O)[C@@H](NC(=O)[C@H](CCCNC(=N)N)NC(=O)[C@H](Cc1cnc[nH]1)NC(=O)[C@@H](N)Cc1ccc(O)cc1)[C@@H](C)O)C(=O)O. The molecule has 552 valence electrons. The molecule has 0 aliphatic carbocycles. The number of hydrogen-bond acceptors (Lipinski definition) is 20. The van der Waals surface area contributed by atoms with Crippen LogP contribution in [0.4, 0.5) is 0 Å². The van der Waals surface area contributed by atoms with Gasteiger partial charge in [0.25, 0.3) is 0 Å². The van der Waals surface area contributed by atoms with E-state index in [9.17, 15) is 82.8 Å². The number of aliphatic hydroxyl groups is 1. The van der Waals surface area contributed by atoms with Crippen molar-refractivity contribution in [1.29, 1.82) is 10.8 Å². The third-order valence-corrected chi connectivity index (χ3v) is 15.4. The first-order valence-corrected chi connectivity index (χ1v) is 31.9. The first kappa shape index (κ1) is 80.5. The van der Waals surface area contributed by atoms with Gasteiger partial charge in [0.15, 0.2) is 11.9 Å². The Morgan fingerprint density at radius 3 is 1.49 bits per heavy atom. The van der Waals surface area contributed by atoms with Crippen molar-refractivity contribution in [3.8, 4) is 5.75 Å². The lowest BCUT2D eigenvalue weighted by Crippen LogP contribution is -2.62. The number of imidazole rings is 2. The molecule has 0 spiro atoms. The number of hydrogen-bond donors (Lipinski definition) is 25. The third kappa shape index (κ3) is 27.2. The van der Waals surface area contributed by atoms with Crippen LogP contribution >= 0.6 is 0 Å². The highest BCUT2D eigenvalue weighted by Crippen LogP contribution is 2.20. The topological polar surface area (TPSA) is 666 Å². The van der Waals surface area contributed by atoms with E-state index in [1.807, 2.05) is 0 Å². The Kier molecular flexibility index (Phi) is 31.5. The highest BCUT2D eigenvalue weighted by atomic mass is 16.4. The second kappa shape index (κ2) is 40.0. The lowest BCUT2D eigenvalue weighted by atomic mass is 10.0. The lowest BCUT2D eigenvalue weighted by Gasteiger charge is -2.29. The summed E-state index contributed by atoms with van der Waals surface area (Å²) in [5, 5.41) is 94.6. The molecule has 40 nitrogen and oxygen atoms in total. The molecule has 28 N–H and O–H groups in total. The Balaban J connectivity index is 1.43. The van der Waals surface area contributed by atoms with E-state index in [0.717, 1.165) is 13.8 Å². The number of carboxylic acids is 3. The van der Waals surface area contributed by atoms with Gasteiger partial charge in [-0.3, -0.25) is 73.1 Å². The summed E-state index contributed by atoms with van der Waals surface area (Å²) in [6, 6.07) is -3.97. The number of aromatic amines is 3. The molecule has 102 heavy (non-hydrogen) atoms. The van der Waals surface area contributed by atoms with Crippen LogP contribution < -0.4 is 81.0 Å². The molecule has 0 saturated carbocycles. The van der Waals surface area contributed by atoms with Gasteiger partial charge < -0.3 is 121 Å². The first-order chi connectivity index (χ1) is 48.4. The number of fused-ring (bicyclic) bond motifs is 1. The molecule has 0 bridgehead atoms. The minimum Gasteiger partial charge on any atom is -0.508 e. The largest absolute Gasteiger partial charge is 0.508 e. The predicted octanol–water partition coefficient (Wildman–Crippen LogP) is -6.25. The second-order valence-electron chi connectivity index (χ2n) is 23.6. The maximum absolute atomic E-state index is 14.8. The van der Waals surface area contributed by atoms with Gasteiger partial charge in [0.1, 0.15) is 60.1 Å². The van der Waals surface area contributed by atoms with Crippen molar-refractivity contribution in [2.75, 3.05) is 19.6 Å². The molecule has 40 heteroatoms. The third-order valence-electron chi connectivity index (χ3n) is 15.4. The van der Waals surface area contributed by atoms with Gasteiger partial charge in [0.05, 0.1) is 37.8 Å². The molecule has 0 radical (unpaired) electrons. The first-order valence-electron chi connectivity index (χ1n) is 31.9. The van der Waals surface area contributed by atoms with Crippen molar-refractivity contribution < 1.29 is 87.9 Å². The number of para-hydroxylation sites is 1. The number of aliphatic carboxylic acids is 3. The van der Waals surface area contributed by atoms with Crippen LogP contribution in [-0.4, -0.2) is 226 Å². The van der Waals surface area contributed by atoms with Crippen LogP contribution in [0.2, 0.25) is 0 Å². The molecular weight excluding hydrogens is 1340 g/mol. The molecule has 3 aromatic heterocycles. The van der Waals surface area contributed by atoms with Gasteiger partial charge in [-0.15, -0.1) is 0 Å². The number of aliphatic hydroxyl groups excluding tert-OH is 1. The minimum atomic E-state index is -2.10. The summed E-state index contributed by atoms with van der Waals surface area (Å²) < 4.78 is 0. The fourth-order valence-corrected chi connectivity index (χ4v) is 10.1. The Hall–Kier alpha value is -12.2. The summed E-state index contributed by atoms with van der Waals surface area (Å²) in [7, 11) is 0. The smallest absolute Gasteiger partial charge is 0.325 e. The molecule has 0 saturated heterocycles. The van der Waals surface area contributed by atoms with Crippen molar-refractivity contribution in [2.45, 2.75) is 151 Å². The second-order valence-corrected chi connectivity index (χ2v) is 23.6. The normalized spacial score (nSPS) is 14.2. The summed E-state index contributed by atoms with van der Waals surface area (Å²) in [6.45, 7) is 1.35. The van der Waals surface area contributed by atoms with Crippen molar-refractivity contribution in [2.24, 2.45) is 17.2 Å². The van der Waals surface area contributed by atoms with E-state index in [4.69, 9.17) is 33.1 Å². The average Bonchev–Trinajstić information content (AvgIpc) is 1.61. The molecule has 5 rings (SSSR count).